The van der Waals surface area contributed by atoms with Crippen LogP contribution in [0.25, 0.3) is 0 Å². The summed E-state index contributed by atoms with van der Waals surface area (Å²) in [5.74, 6) is 6.13. The molecule has 0 radical (unpaired) electrons. The highest BCUT2D eigenvalue weighted by Crippen LogP contribution is 2.18. The van der Waals surface area contributed by atoms with Crippen LogP contribution in [0.15, 0.2) is 4.99 Å². The third-order valence-corrected chi connectivity index (χ3v) is 2.85. The Morgan fingerprint density at radius 1 is 1.38 bits per heavy atom. The zero-order valence-electron chi connectivity index (χ0n) is 10.5. The van der Waals surface area contributed by atoms with Gasteiger partial charge in [-0.25, -0.2) is 5.84 Å². The third kappa shape index (κ3) is 5.32. The molecule has 1 rings (SSSR count). The van der Waals surface area contributed by atoms with Crippen LogP contribution in [0.1, 0.15) is 33.1 Å². The number of hydrazine groups is 1. The Labute approximate surface area is 98.4 Å². The van der Waals surface area contributed by atoms with Crippen molar-refractivity contribution in [1.29, 1.82) is 0 Å². The molecule has 0 aromatic carbocycles. The van der Waals surface area contributed by atoms with E-state index in [1.54, 1.807) is 0 Å². The van der Waals surface area contributed by atoms with Crippen LogP contribution in [0.5, 0.6) is 0 Å². The lowest BCUT2D eigenvalue weighted by Gasteiger charge is -2.17. The average molecular weight is 227 g/mol. The van der Waals surface area contributed by atoms with Crippen molar-refractivity contribution in [3.63, 3.8) is 0 Å². The molecule has 1 fully saturated rings. The molecule has 1 aliphatic rings. The average Bonchev–Trinajstić information content (AvgIpc) is 3.11. The molecule has 0 unspecified atom stereocenters. The summed E-state index contributed by atoms with van der Waals surface area (Å²) in [7, 11) is 0. The number of nitrogens with two attached hydrogens (primary N) is 1. The van der Waals surface area contributed by atoms with Crippen LogP contribution < -0.4 is 16.6 Å². The first-order valence-electron chi connectivity index (χ1n) is 6.30. The quantitative estimate of drug-likeness (QED) is 0.192. The van der Waals surface area contributed by atoms with Crippen molar-refractivity contribution >= 4 is 5.96 Å². The summed E-state index contributed by atoms with van der Waals surface area (Å²) in [5, 5.41) is 3.26. The molecule has 0 atom stereocenters. The number of nitrogens with one attached hydrogen (secondary N) is 2. The maximum Gasteiger partial charge on any atom is 0.205 e. The molecular formula is C11H25N5. The van der Waals surface area contributed by atoms with Gasteiger partial charge in [0, 0.05) is 12.6 Å². The Bertz CT molecular complexity index is 208. The fourth-order valence-corrected chi connectivity index (χ4v) is 1.58. The standard InChI is InChI=1S/C11H25N5/c1-3-16(4-2)9-5-8-13-11(15-12)14-10-6-7-10/h10H,3-9,12H2,1-2H3,(H2,13,14,15). The van der Waals surface area contributed by atoms with E-state index in [-0.39, 0.29) is 0 Å². The Hall–Kier alpha value is -0.810. The summed E-state index contributed by atoms with van der Waals surface area (Å²) < 4.78 is 0. The van der Waals surface area contributed by atoms with E-state index in [9.17, 15) is 0 Å². The van der Waals surface area contributed by atoms with Crippen molar-refractivity contribution in [3.8, 4) is 0 Å². The van der Waals surface area contributed by atoms with Crippen LogP contribution in [0.2, 0.25) is 0 Å². The highest BCUT2D eigenvalue weighted by molar-refractivity contribution is 5.79. The largest absolute Gasteiger partial charge is 0.353 e. The predicted octanol–water partition coefficient (Wildman–Crippen LogP) is 0.290. The van der Waals surface area contributed by atoms with Crippen molar-refractivity contribution < 1.29 is 0 Å². The molecule has 0 aromatic heterocycles. The van der Waals surface area contributed by atoms with E-state index in [4.69, 9.17) is 5.84 Å². The zero-order valence-corrected chi connectivity index (χ0v) is 10.5. The van der Waals surface area contributed by atoms with Gasteiger partial charge < -0.3 is 10.2 Å². The van der Waals surface area contributed by atoms with Gasteiger partial charge in [-0.2, -0.15) is 0 Å². The molecule has 0 heterocycles. The molecule has 5 nitrogen and oxygen atoms in total. The molecule has 1 aliphatic carbocycles. The highest BCUT2D eigenvalue weighted by Gasteiger charge is 2.21. The van der Waals surface area contributed by atoms with Crippen molar-refractivity contribution in [2.24, 2.45) is 10.8 Å². The van der Waals surface area contributed by atoms with Crippen LogP contribution in [-0.2, 0) is 0 Å². The van der Waals surface area contributed by atoms with Crippen molar-refractivity contribution in [2.75, 3.05) is 26.2 Å². The van der Waals surface area contributed by atoms with Gasteiger partial charge in [0.05, 0.1) is 0 Å². The molecule has 16 heavy (non-hydrogen) atoms. The monoisotopic (exact) mass is 227 g/mol. The second kappa shape index (κ2) is 7.46. The number of hydrogen-bond donors (Lipinski definition) is 3. The lowest BCUT2D eigenvalue weighted by Crippen LogP contribution is -2.42. The van der Waals surface area contributed by atoms with Gasteiger partial charge >= 0.3 is 0 Å². The molecule has 0 spiro atoms. The van der Waals surface area contributed by atoms with Crippen LogP contribution in [0.4, 0.5) is 0 Å². The Morgan fingerprint density at radius 2 is 2.06 bits per heavy atom. The number of hydrogen-bond acceptors (Lipinski definition) is 3. The van der Waals surface area contributed by atoms with Crippen LogP contribution in [0, 0.1) is 0 Å². The van der Waals surface area contributed by atoms with Gasteiger partial charge in [-0.1, -0.05) is 13.8 Å². The molecule has 0 aromatic rings. The third-order valence-electron chi connectivity index (χ3n) is 2.85. The number of nitrogens with zero attached hydrogens (tertiary/aromatic N) is 2. The van der Waals surface area contributed by atoms with E-state index < -0.39 is 0 Å². The number of rotatable bonds is 7. The van der Waals surface area contributed by atoms with Crippen molar-refractivity contribution in [2.45, 2.75) is 39.2 Å². The topological polar surface area (TPSA) is 65.7 Å². The van der Waals surface area contributed by atoms with E-state index in [0.717, 1.165) is 38.6 Å². The maximum absolute atomic E-state index is 5.39. The molecule has 4 N–H and O–H groups in total. The molecule has 5 heteroatoms. The SMILES string of the molecule is CCN(CC)CCCN=C(NN)NC1CC1. The lowest BCUT2D eigenvalue weighted by atomic mass is 10.4. The van der Waals surface area contributed by atoms with E-state index in [2.05, 4.69) is 34.5 Å². The van der Waals surface area contributed by atoms with E-state index in [1.807, 2.05) is 0 Å². The molecule has 0 aliphatic heterocycles. The summed E-state index contributed by atoms with van der Waals surface area (Å²) in [6.45, 7) is 8.54. The zero-order chi connectivity index (χ0) is 11.8. The first-order valence-corrected chi connectivity index (χ1v) is 6.30. The predicted molar refractivity (Wildman–Crippen MR) is 68.2 cm³/mol. The van der Waals surface area contributed by atoms with Gasteiger partial charge in [0.2, 0.25) is 5.96 Å². The molecule has 0 amide bonds. The normalized spacial score (nSPS) is 16.6. The second-order valence-electron chi connectivity index (χ2n) is 4.17. The highest BCUT2D eigenvalue weighted by atomic mass is 15.3. The summed E-state index contributed by atoms with van der Waals surface area (Å²) in [5.41, 5.74) is 2.61. The summed E-state index contributed by atoms with van der Waals surface area (Å²) >= 11 is 0. The maximum atomic E-state index is 5.39. The number of aliphatic imine (C=N–C) groups is 1. The van der Waals surface area contributed by atoms with E-state index in [1.165, 1.54) is 12.8 Å². The van der Waals surface area contributed by atoms with Crippen molar-refractivity contribution in [1.82, 2.24) is 15.6 Å². The Kier molecular flexibility index (Phi) is 6.18. The summed E-state index contributed by atoms with van der Waals surface area (Å²) in [6.07, 6.45) is 3.56. The minimum atomic E-state index is 0.595. The molecule has 94 valence electrons. The van der Waals surface area contributed by atoms with Gasteiger partial charge in [0.1, 0.15) is 0 Å². The summed E-state index contributed by atoms with van der Waals surface area (Å²) in [4.78, 5) is 6.81. The minimum absolute atomic E-state index is 0.595. The smallest absolute Gasteiger partial charge is 0.205 e. The Morgan fingerprint density at radius 3 is 2.56 bits per heavy atom. The van der Waals surface area contributed by atoms with Gasteiger partial charge in [-0.3, -0.25) is 10.4 Å². The first kappa shape index (κ1) is 13.3. The van der Waals surface area contributed by atoms with Crippen LogP contribution in [-0.4, -0.2) is 43.1 Å². The Balaban J connectivity index is 2.12. The van der Waals surface area contributed by atoms with E-state index in [0.29, 0.717) is 6.04 Å². The fraction of sp³-hybridized carbons (Fsp3) is 0.909. The van der Waals surface area contributed by atoms with Gasteiger partial charge in [-0.05, 0) is 38.9 Å². The van der Waals surface area contributed by atoms with Gasteiger partial charge in [0.25, 0.3) is 0 Å². The molecular weight excluding hydrogens is 202 g/mol. The number of guanidine groups is 1. The fourth-order valence-electron chi connectivity index (χ4n) is 1.58. The molecule has 0 saturated heterocycles. The summed E-state index contributed by atoms with van der Waals surface area (Å²) in [6, 6.07) is 0.595. The van der Waals surface area contributed by atoms with E-state index >= 15 is 0 Å². The first-order chi connectivity index (χ1) is 7.80. The minimum Gasteiger partial charge on any atom is -0.353 e. The second-order valence-corrected chi connectivity index (χ2v) is 4.17. The van der Waals surface area contributed by atoms with Crippen molar-refractivity contribution in [3.05, 3.63) is 0 Å². The lowest BCUT2D eigenvalue weighted by molar-refractivity contribution is 0.302. The van der Waals surface area contributed by atoms with Gasteiger partial charge in [0.15, 0.2) is 0 Å². The van der Waals surface area contributed by atoms with Crippen LogP contribution >= 0.6 is 0 Å². The molecule has 1 saturated carbocycles. The van der Waals surface area contributed by atoms with Gasteiger partial charge in [-0.15, -0.1) is 0 Å². The van der Waals surface area contributed by atoms with Crippen LogP contribution in [0.3, 0.4) is 0 Å². The molecule has 0 bridgehead atoms.